The van der Waals surface area contributed by atoms with Gasteiger partial charge in [0.05, 0.1) is 17.8 Å². The molecule has 7 heteroatoms. The van der Waals surface area contributed by atoms with Gasteiger partial charge in [-0.1, -0.05) is 18.2 Å². The smallest absolute Gasteiger partial charge is 0.224 e. The molecule has 0 saturated carbocycles. The Labute approximate surface area is 158 Å². The first-order valence-corrected chi connectivity index (χ1v) is 9.29. The minimum absolute atomic E-state index is 0.0354. The van der Waals surface area contributed by atoms with Crippen LogP contribution in [0.3, 0.4) is 0 Å². The summed E-state index contributed by atoms with van der Waals surface area (Å²) in [5.74, 6) is 2.38. The number of nitrogens with zero attached hydrogens (tertiary/aromatic N) is 5. The molecule has 1 aliphatic rings. The summed E-state index contributed by atoms with van der Waals surface area (Å²) in [5, 5.41) is 16.0. The van der Waals surface area contributed by atoms with Crippen LogP contribution in [0.1, 0.15) is 28.6 Å². The second-order valence-electron chi connectivity index (χ2n) is 7.22. The quantitative estimate of drug-likeness (QED) is 0.750. The van der Waals surface area contributed by atoms with Gasteiger partial charge in [-0.15, -0.1) is 10.2 Å². The first kappa shape index (κ1) is 17.5. The van der Waals surface area contributed by atoms with Crippen molar-refractivity contribution in [1.29, 1.82) is 0 Å². The topological polar surface area (TPSA) is 77.6 Å². The third-order valence-electron chi connectivity index (χ3n) is 5.29. The Balaban J connectivity index is 1.38. The second-order valence-corrected chi connectivity index (χ2v) is 7.22. The Morgan fingerprint density at radius 2 is 1.96 bits per heavy atom. The van der Waals surface area contributed by atoms with Crippen molar-refractivity contribution in [2.24, 2.45) is 5.92 Å². The molecule has 1 atom stereocenters. The SMILES string of the molecule is Cc1nn(-c2ccccc2)c(C)c1CC(=O)NCC1Cc2nnc(C)n2C1. The molecule has 1 aromatic carbocycles. The van der Waals surface area contributed by atoms with Crippen LogP contribution in [0, 0.1) is 26.7 Å². The van der Waals surface area contributed by atoms with Gasteiger partial charge in [-0.3, -0.25) is 4.79 Å². The van der Waals surface area contributed by atoms with Crippen LogP contribution < -0.4 is 5.32 Å². The Bertz CT molecular complexity index is 972. The first-order chi connectivity index (χ1) is 13.0. The maximum atomic E-state index is 12.5. The van der Waals surface area contributed by atoms with Crippen molar-refractivity contribution in [3.63, 3.8) is 0 Å². The summed E-state index contributed by atoms with van der Waals surface area (Å²) in [6.45, 7) is 7.47. The van der Waals surface area contributed by atoms with E-state index in [2.05, 4.69) is 25.2 Å². The van der Waals surface area contributed by atoms with E-state index >= 15 is 0 Å². The zero-order valence-corrected chi connectivity index (χ0v) is 15.9. The average Bonchev–Trinajstić information content (AvgIpc) is 3.31. The summed E-state index contributed by atoms with van der Waals surface area (Å²) < 4.78 is 4.04. The summed E-state index contributed by atoms with van der Waals surface area (Å²) >= 11 is 0. The molecule has 0 radical (unpaired) electrons. The normalized spacial score (nSPS) is 15.7. The van der Waals surface area contributed by atoms with Crippen molar-refractivity contribution in [3.8, 4) is 5.69 Å². The van der Waals surface area contributed by atoms with Gasteiger partial charge in [-0.05, 0) is 32.9 Å². The lowest BCUT2D eigenvalue weighted by Gasteiger charge is -2.11. The highest BCUT2D eigenvalue weighted by molar-refractivity contribution is 5.79. The average molecular weight is 364 g/mol. The molecule has 0 aliphatic carbocycles. The standard InChI is InChI=1S/C20H24N6O/c1-13-18(14(2)26(24-13)17-7-5-4-6-8-17)10-20(27)21-11-16-9-19-23-22-15(3)25(19)12-16/h4-8,16H,9-12H2,1-3H3,(H,21,27). The maximum Gasteiger partial charge on any atom is 0.224 e. The number of aryl methyl sites for hydroxylation is 2. The molecular formula is C20H24N6O. The highest BCUT2D eigenvalue weighted by Gasteiger charge is 2.25. The fourth-order valence-electron chi connectivity index (χ4n) is 3.76. The largest absolute Gasteiger partial charge is 0.355 e. The zero-order valence-electron chi connectivity index (χ0n) is 15.9. The number of fused-ring (bicyclic) bond motifs is 1. The van der Waals surface area contributed by atoms with Gasteiger partial charge in [0, 0.05) is 36.7 Å². The second kappa shape index (κ2) is 6.98. The molecule has 1 unspecified atom stereocenters. The van der Waals surface area contributed by atoms with E-state index in [9.17, 15) is 4.79 Å². The van der Waals surface area contributed by atoms with Gasteiger partial charge in [0.1, 0.15) is 11.6 Å². The lowest BCUT2D eigenvalue weighted by Crippen LogP contribution is -2.31. The zero-order chi connectivity index (χ0) is 19.0. The van der Waals surface area contributed by atoms with Crippen molar-refractivity contribution in [2.45, 2.75) is 40.2 Å². The van der Waals surface area contributed by atoms with E-state index in [1.54, 1.807) is 0 Å². The van der Waals surface area contributed by atoms with Gasteiger partial charge in [0.2, 0.25) is 5.91 Å². The lowest BCUT2D eigenvalue weighted by atomic mass is 10.1. The van der Waals surface area contributed by atoms with E-state index in [4.69, 9.17) is 0 Å². The minimum Gasteiger partial charge on any atom is -0.355 e. The molecule has 140 valence electrons. The number of benzene rings is 1. The Hall–Kier alpha value is -2.96. The predicted molar refractivity (Wildman–Crippen MR) is 102 cm³/mol. The fraction of sp³-hybridized carbons (Fsp3) is 0.400. The van der Waals surface area contributed by atoms with Crippen molar-refractivity contribution in [3.05, 3.63) is 58.9 Å². The van der Waals surface area contributed by atoms with Gasteiger partial charge < -0.3 is 9.88 Å². The third kappa shape index (κ3) is 3.37. The maximum absolute atomic E-state index is 12.5. The molecular weight excluding hydrogens is 340 g/mol. The monoisotopic (exact) mass is 364 g/mol. The number of nitrogens with one attached hydrogen (secondary N) is 1. The summed E-state index contributed by atoms with van der Waals surface area (Å²) in [7, 11) is 0. The summed E-state index contributed by atoms with van der Waals surface area (Å²) in [6, 6.07) is 9.99. The van der Waals surface area contributed by atoms with Gasteiger partial charge in [-0.25, -0.2) is 4.68 Å². The molecule has 1 amide bonds. The molecule has 0 bridgehead atoms. The van der Waals surface area contributed by atoms with Crippen molar-refractivity contribution in [2.75, 3.05) is 6.54 Å². The van der Waals surface area contributed by atoms with E-state index in [1.165, 1.54) is 0 Å². The number of para-hydroxylation sites is 1. The van der Waals surface area contributed by atoms with Crippen molar-refractivity contribution >= 4 is 5.91 Å². The van der Waals surface area contributed by atoms with Crippen molar-refractivity contribution in [1.82, 2.24) is 29.9 Å². The van der Waals surface area contributed by atoms with Gasteiger partial charge in [0.15, 0.2) is 0 Å². The number of rotatable bonds is 5. The van der Waals surface area contributed by atoms with Crippen LogP contribution in [0.15, 0.2) is 30.3 Å². The molecule has 3 heterocycles. The van der Waals surface area contributed by atoms with Crippen LogP contribution in [0.4, 0.5) is 0 Å². The minimum atomic E-state index is 0.0354. The number of carbonyl (C=O) groups is 1. The predicted octanol–water partition coefficient (Wildman–Crippen LogP) is 1.92. The summed E-state index contributed by atoms with van der Waals surface area (Å²) in [4.78, 5) is 12.5. The first-order valence-electron chi connectivity index (χ1n) is 9.29. The molecule has 27 heavy (non-hydrogen) atoms. The molecule has 1 N–H and O–H groups in total. The van der Waals surface area contributed by atoms with Crippen LogP contribution in [0.25, 0.3) is 5.69 Å². The Morgan fingerprint density at radius 1 is 1.19 bits per heavy atom. The number of amides is 1. The summed E-state index contributed by atoms with van der Waals surface area (Å²) in [5.41, 5.74) is 3.91. The van der Waals surface area contributed by atoms with Gasteiger partial charge in [0.25, 0.3) is 0 Å². The van der Waals surface area contributed by atoms with Crippen LogP contribution in [-0.4, -0.2) is 37.0 Å². The van der Waals surface area contributed by atoms with E-state index < -0.39 is 0 Å². The van der Waals surface area contributed by atoms with Gasteiger partial charge in [-0.2, -0.15) is 5.10 Å². The van der Waals surface area contributed by atoms with Gasteiger partial charge >= 0.3 is 0 Å². The van der Waals surface area contributed by atoms with E-state index in [-0.39, 0.29) is 5.91 Å². The molecule has 1 aliphatic heterocycles. The number of hydrogen-bond acceptors (Lipinski definition) is 4. The Kier molecular flexibility index (Phi) is 4.51. The summed E-state index contributed by atoms with van der Waals surface area (Å²) in [6.07, 6.45) is 1.22. The van der Waals surface area contributed by atoms with Crippen molar-refractivity contribution < 1.29 is 4.79 Å². The molecule has 0 spiro atoms. The molecule has 0 saturated heterocycles. The molecule has 2 aromatic heterocycles. The number of hydrogen-bond donors (Lipinski definition) is 1. The van der Waals surface area contributed by atoms with Crippen LogP contribution in [0.2, 0.25) is 0 Å². The molecule has 0 fully saturated rings. The van der Waals surface area contributed by atoms with Crippen LogP contribution >= 0.6 is 0 Å². The van der Waals surface area contributed by atoms with Crippen LogP contribution in [0.5, 0.6) is 0 Å². The van der Waals surface area contributed by atoms with Crippen LogP contribution in [-0.2, 0) is 24.2 Å². The van der Waals surface area contributed by atoms with E-state index in [0.717, 1.165) is 47.3 Å². The third-order valence-corrected chi connectivity index (χ3v) is 5.29. The van der Waals surface area contributed by atoms with E-state index in [0.29, 0.717) is 18.9 Å². The fourth-order valence-corrected chi connectivity index (χ4v) is 3.76. The number of aromatic nitrogens is 5. The molecule has 4 rings (SSSR count). The van der Waals surface area contributed by atoms with E-state index in [1.807, 2.05) is 55.8 Å². The lowest BCUT2D eigenvalue weighted by molar-refractivity contribution is -0.120. The highest BCUT2D eigenvalue weighted by atomic mass is 16.1. The molecule has 3 aromatic rings. The Morgan fingerprint density at radius 3 is 2.70 bits per heavy atom. The molecule has 7 nitrogen and oxygen atoms in total. The number of carbonyl (C=O) groups excluding carboxylic acids is 1. The highest BCUT2D eigenvalue weighted by Crippen LogP contribution is 2.20.